The van der Waals surface area contributed by atoms with Gasteiger partial charge in [0.2, 0.25) is 5.91 Å². The molecule has 0 N–H and O–H groups in total. The fourth-order valence-electron chi connectivity index (χ4n) is 2.01. The number of carbonyl (C=O) groups excluding carboxylic acids is 1. The minimum Gasteiger partial charge on any atom is -0.338 e. The highest BCUT2D eigenvalue weighted by molar-refractivity contribution is 7.12. The molecule has 0 radical (unpaired) electrons. The number of fused-ring (bicyclic) bond motifs is 1. The summed E-state index contributed by atoms with van der Waals surface area (Å²) in [6, 6.07) is 2.21. The first-order valence-electron chi connectivity index (χ1n) is 5.59. The van der Waals surface area contributed by atoms with Gasteiger partial charge in [-0.15, -0.1) is 22.9 Å². The van der Waals surface area contributed by atoms with E-state index in [1.807, 2.05) is 11.8 Å². The van der Waals surface area contributed by atoms with Crippen LogP contribution in [-0.2, 0) is 17.8 Å². The van der Waals surface area contributed by atoms with E-state index in [1.165, 1.54) is 15.3 Å². The van der Waals surface area contributed by atoms with Gasteiger partial charge >= 0.3 is 0 Å². The van der Waals surface area contributed by atoms with Crippen LogP contribution in [-0.4, -0.2) is 17.4 Å². The van der Waals surface area contributed by atoms with Crippen molar-refractivity contribution in [1.82, 2.24) is 4.90 Å². The van der Waals surface area contributed by atoms with Gasteiger partial charge in [-0.25, -0.2) is 0 Å². The Morgan fingerprint density at radius 2 is 2.38 bits per heavy atom. The Bertz CT molecular complexity index is 400. The van der Waals surface area contributed by atoms with Crippen molar-refractivity contribution < 1.29 is 4.79 Å². The van der Waals surface area contributed by atoms with E-state index in [0.29, 0.717) is 0 Å². The molecule has 88 valence electrons. The van der Waals surface area contributed by atoms with Crippen LogP contribution in [0.3, 0.4) is 0 Å². The summed E-state index contributed by atoms with van der Waals surface area (Å²) < 4.78 is 0. The van der Waals surface area contributed by atoms with Crippen LogP contribution in [0, 0.1) is 0 Å². The topological polar surface area (TPSA) is 20.3 Å². The van der Waals surface area contributed by atoms with Gasteiger partial charge in [0.15, 0.2) is 0 Å². The fourth-order valence-corrected chi connectivity index (χ4v) is 3.37. The molecule has 0 saturated heterocycles. The number of alkyl halides is 1. The number of hydrogen-bond acceptors (Lipinski definition) is 2. The van der Waals surface area contributed by atoms with Gasteiger partial charge in [-0.1, -0.05) is 0 Å². The normalized spacial score (nSPS) is 17.8. The molecule has 1 aliphatic heterocycles. The molecule has 2 nitrogen and oxygen atoms in total. The average molecular weight is 258 g/mol. The summed E-state index contributed by atoms with van der Waals surface area (Å²) in [5.41, 5.74) is 1.39. The molecule has 0 aromatic carbocycles. The monoisotopic (exact) mass is 257 g/mol. The Labute approximate surface area is 105 Å². The fraction of sp³-hybridized carbons (Fsp3) is 0.583. The molecule has 16 heavy (non-hydrogen) atoms. The molecule has 1 aliphatic rings. The standard InChI is InChI=1S/C12H16ClNOS/c1-8(13)11-6-10-4-3-5-14(9(2)15)7-12(10)16-11/h6,8H,3-5,7H2,1-2H3. The third kappa shape index (κ3) is 2.41. The SMILES string of the molecule is CC(=O)N1CCCc2cc(C(C)Cl)sc2C1. The maximum absolute atomic E-state index is 11.4. The van der Waals surface area contributed by atoms with E-state index in [4.69, 9.17) is 11.6 Å². The first-order chi connectivity index (χ1) is 7.58. The van der Waals surface area contributed by atoms with Crippen molar-refractivity contribution in [3.8, 4) is 0 Å². The predicted octanol–water partition coefficient (Wildman–Crippen LogP) is 3.34. The van der Waals surface area contributed by atoms with E-state index < -0.39 is 0 Å². The highest BCUT2D eigenvalue weighted by Gasteiger charge is 2.19. The summed E-state index contributed by atoms with van der Waals surface area (Å²) in [6.45, 7) is 5.28. The van der Waals surface area contributed by atoms with E-state index in [2.05, 4.69) is 6.07 Å². The van der Waals surface area contributed by atoms with E-state index in [0.717, 1.165) is 25.9 Å². The zero-order valence-corrected chi connectivity index (χ0v) is 11.2. The molecule has 2 heterocycles. The summed E-state index contributed by atoms with van der Waals surface area (Å²) in [6.07, 6.45) is 2.12. The lowest BCUT2D eigenvalue weighted by atomic mass is 10.1. The van der Waals surface area contributed by atoms with Gasteiger partial charge in [0.1, 0.15) is 0 Å². The Morgan fingerprint density at radius 1 is 1.62 bits per heavy atom. The van der Waals surface area contributed by atoms with Crippen molar-refractivity contribution in [3.05, 3.63) is 21.4 Å². The summed E-state index contributed by atoms with van der Waals surface area (Å²) in [7, 11) is 0. The van der Waals surface area contributed by atoms with E-state index in [1.54, 1.807) is 18.3 Å². The first-order valence-corrected chi connectivity index (χ1v) is 6.84. The minimum absolute atomic E-state index is 0.0719. The zero-order valence-electron chi connectivity index (χ0n) is 9.62. The summed E-state index contributed by atoms with van der Waals surface area (Å²) in [4.78, 5) is 15.9. The molecule has 1 atom stereocenters. The highest BCUT2D eigenvalue weighted by atomic mass is 35.5. The summed E-state index contributed by atoms with van der Waals surface area (Å²) in [5, 5.41) is 0.0719. The maximum atomic E-state index is 11.4. The lowest BCUT2D eigenvalue weighted by molar-refractivity contribution is -0.129. The van der Waals surface area contributed by atoms with Crippen molar-refractivity contribution >= 4 is 28.8 Å². The molecular weight excluding hydrogens is 242 g/mol. The van der Waals surface area contributed by atoms with Crippen LogP contribution in [0.2, 0.25) is 0 Å². The quantitative estimate of drug-likeness (QED) is 0.707. The van der Waals surface area contributed by atoms with Crippen LogP contribution < -0.4 is 0 Å². The third-order valence-electron chi connectivity index (χ3n) is 2.96. The highest BCUT2D eigenvalue weighted by Crippen LogP contribution is 2.33. The number of thiophene rings is 1. The van der Waals surface area contributed by atoms with Crippen molar-refractivity contribution in [1.29, 1.82) is 0 Å². The molecule has 1 unspecified atom stereocenters. The molecule has 0 aliphatic carbocycles. The van der Waals surface area contributed by atoms with Gasteiger partial charge in [0.05, 0.1) is 11.9 Å². The second kappa shape index (κ2) is 4.76. The average Bonchev–Trinajstić information content (AvgIpc) is 2.50. The van der Waals surface area contributed by atoms with Gasteiger partial charge in [0, 0.05) is 23.2 Å². The Morgan fingerprint density at radius 3 is 3.00 bits per heavy atom. The predicted molar refractivity (Wildman–Crippen MR) is 68.0 cm³/mol. The number of halogens is 1. The lowest BCUT2D eigenvalue weighted by Gasteiger charge is -2.17. The van der Waals surface area contributed by atoms with Crippen LogP contribution in [0.1, 0.15) is 41.0 Å². The molecule has 1 aromatic rings. The van der Waals surface area contributed by atoms with Gasteiger partial charge < -0.3 is 4.90 Å². The van der Waals surface area contributed by atoms with Gasteiger partial charge in [-0.05, 0) is 31.4 Å². The summed E-state index contributed by atoms with van der Waals surface area (Å²) in [5.74, 6) is 0.168. The molecule has 2 rings (SSSR count). The van der Waals surface area contributed by atoms with Crippen LogP contribution in [0.5, 0.6) is 0 Å². The lowest BCUT2D eigenvalue weighted by Crippen LogP contribution is -2.27. The van der Waals surface area contributed by atoms with Crippen LogP contribution in [0.25, 0.3) is 0 Å². The third-order valence-corrected chi connectivity index (χ3v) is 4.67. The van der Waals surface area contributed by atoms with Crippen molar-refractivity contribution in [2.45, 2.75) is 38.6 Å². The minimum atomic E-state index is 0.0719. The van der Waals surface area contributed by atoms with Crippen LogP contribution >= 0.6 is 22.9 Å². The Balaban J connectivity index is 2.25. The number of carbonyl (C=O) groups is 1. The van der Waals surface area contributed by atoms with E-state index >= 15 is 0 Å². The molecule has 0 saturated carbocycles. The molecular formula is C12H16ClNOS. The van der Waals surface area contributed by atoms with E-state index in [-0.39, 0.29) is 11.3 Å². The van der Waals surface area contributed by atoms with Crippen molar-refractivity contribution in [2.75, 3.05) is 6.54 Å². The molecule has 0 bridgehead atoms. The number of nitrogens with zero attached hydrogens (tertiary/aromatic N) is 1. The zero-order chi connectivity index (χ0) is 11.7. The molecule has 1 aromatic heterocycles. The van der Waals surface area contributed by atoms with Gasteiger partial charge in [0.25, 0.3) is 0 Å². The van der Waals surface area contributed by atoms with Crippen LogP contribution in [0.15, 0.2) is 6.07 Å². The second-order valence-electron chi connectivity index (χ2n) is 4.26. The van der Waals surface area contributed by atoms with Gasteiger partial charge in [-0.3, -0.25) is 4.79 Å². The number of hydrogen-bond donors (Lipinski definition) is 0. The molecule has 0 spiro atoms. The Hall–Kier alpha value is -0.540. The van der Waals surface area contributed by atoms with Crippen molar-refractivity contribution in [2.24, 2.45) is 0 Å². The Kier molecular flexibility index (Phi) is 3.55. The number of rotatable bonds is 1. The smallest absolute Gasteiger partial charge is 0.219 e. The maximum Gasteiger partial charge on any atom is 0.219 e. The molecule has 1 amide bonds. The number of amides is 1. The largest absolute Gasteiger partial charge is 0.338 e. The molecule has 4 heteroatoms. The van der Waals surface area contributed by atoms with Gasteiger partial charge in [-0.2, -0.15) is 0 Å². The van der Waals surface area contributed by atoms with Crippen LogP contribution in [0.4, 0.5) is 0 Å². The second-order valence-corrected chi connectivity index (χ2v) is 6.08. The van der Waals surface area contributed by atoms with E-state index in [9.17, 15) is 4.79 Å². The first kappa shape index (κ1) is 11.9. The number of aryl methyl sites for hydroxylation is 1. The van der Waals surface area contributed by atoms with Crippen molar-refractivity contribution in [3.63, 3.8) is 0 Å². The summed E-state index contributed by atoms with van der Waals surface area (Å²) >= 11 is 7.84. The molecule has 0 fully saturated rings.